The molecule has 0 radical (unpaired) electrons. The zero-order chi connectivity index (χ0) is 28.3. The molecule has 1 saturated heterocycles. The highest BCUT2D eigenvalue weighted by Crippen LogP contribution is 2.29. The minimum Gasteiger partial charge on any atom is -0.481 e. The van der Waals surface area contributed by atoms with Crippen LogP contribution in [0.15, 0.2) is 53.8 Å². The lowest BCUT2D eigenvalue weighted by atomic mass is 10.1. The monoisotopic (exact) mass is 566 g/mol. The summed E-state index contributed by atoms with van der Waals surface area (Å²) in [6.07, 6.45) is 6.19. The summed E-state index contributed by atoms with van der Waals surface area (Å²) in [6, 6.07) is 8.14. The Morgan fingerprint density at radius 3 is 2.30 bits per heavy atom. The molecule has 3 aromatic heterocycles. The van der Waals surface area contributed by atoms with Crippen molar-refractivity contribution in [3.63, 3.8) is 0 Å². The van der Waals surface area contributed by atoms with Crippen molar-refractivity contribution in [3.8, 4) is 23.0 Å². The largest absolute Gasteiger partial charge is 0.481 e. The second kappa shape index (κ2) is 11.4. The van der Waals surface area contributed by atoms with Gasteiger partial charge in [-0.1, -0.05) is 12.1 Å². The number of carbonyl (C=O) groups excluding carboxylic acids is 1. The highest BCUT2D eigenvalue weighted by molar-refractivity contribution is 7.90. The number of aromatic nitrogens is 5. The second-order valence-electron chi connectivity index (χ2n) is 9.29. The van der Waals surface area contributed by atoms with Gasteiger partial charge in [0.15, 0.2) is 15.5 Å². The number of carbonyl (C=O) groups is 1. The molecule has 1 amide bonds. The summed E-state index contributed by atoms with van der Waals surface area (Å²) in [5, 5.41) is 3.25. The molecule has 1 N–H and O–H groups in total. The van der Waals surface area contributed by atoms with Crippen LogP contribution in [0.25, 0.3) is 16.9 Å². The van der Waals surface area contributed by atoms with E-state index in [9.17, 15) is 13.2 Å². The Labute approximate surface area is 231 Å². The molecule has 1 aromatic carbocycles. The zero-order valence-corrected chi connectivity index (χ0v) is 23.3. The van der Waals surface area contributed by atoms with E-state index >= 15 is 0 Å². The van der Waals surface area contributed by atoms with Crippen molar-refractivity contribution in [2.45, 2.75) is 11.4 Å². The topological polar surface area (TPSA) is 144 Å². The maximum absolute atomic E-state index is 13.1. The highest BCUT2D eigenvalue weighted by Gasteiger charge is 2.23. The number of rotatable bonds is 9. The normalized spacial score (nSPS) is 14.3. The fourth-order valence-electron chi connectivity index (χ4n) is 4.49. The van der Waals surface area contributed by atoms with Crippen molar-refractivity contribution in [1.82, 2.24) is 34.1 Å². The minimum absolute atomic E-state index is 0.0404. The van der Waals surface area contributed by atoms with E-state index in [1.165, 1.54) is 6.26 Å². The predicted molar refractivity (Wildman–Crippen MR) is 147 cm³/mol. The molecule has 0 aliphatic carbocycles. The fourth-order valence-corrected chi connectivity index (χ4v) is 5.12. The van der Waals surface area contributed by atoms with Crippen LogP contribution in [0.2, 0.25) is 0 Å². The first-order chi connectivity index (χ1) is 19.2. The lowest BCUT2D eigenvalue weighted by Gasteiger charge is -2.34. The molecule has 0 saturated carbocycles. The van der Waals surface area contributed by atoms with E-state index in [1.54, 1.807) is 63.1 Å². The van der Waals surface area contributed by atoms with Crippen LogP contribution in [-0.2, 0) is 21.2 Å². The summed E-state index contributed by atoms with van der Waals surface area (Å²) in [4.78, 5) is 35.0. The molecule has 40 heavy (non-hydrogen) atoms. The Hall–Kier alpha value is -4.30. The van der Waals surface area contributed by atoms with Gasteiger partial charge >= 0.3 is 0 Å². The number of ether oxygens (including phenoxy) is 2. The van der Waals surface area contributed by atoms with Gasteiger partial charge in [0.2, 0.25) is 17.7 Å². The number of imidazole rings is 1. The highest BCUT2D eigenvalue weighted by atomic mass is 32.2. The molecule has 1 aliphatic rings. The molecule has 0 unspecified atom stereocenters. The van der Waals surface area contributed by atoms with Crippen molar-refractivity contribution >= 4 is 27.2 Å². The first kappa shape index (κ1) is 27.3. The zero-order valence-electron chi connectivity index (χ0n) is 22.4. The molecule has 14 heteroatoms. The Balaban J connectivity index is 1.24. The Morgan fingerprint density at radius 2 is 1.68 bits per heavy atom. The van der Waals surface area contributed by atoms with Gasteiger partial charge in [-0.05, 0) is 12.1 Å². The van der Waals surface area contributed by atoms with Crippen molar-refractivity contribution in [2.75, 3.05) is 58.5 Å². The van der Waals surface area contributed by atoms with Crippen LogP contribution < -0.4 is 14.8 Å². The Bertz CT molecular complexity index is 1590. The third-order valence-corrected chi connectivity index (χ3v) is 7.76. The molecular weight excluding hydrogens is 536 g/mol. The van der Waals surface area contributed by atoms with Gasteiger partial charge in [-0.15, -0.1) is 0 Å². The van der Waals surface area contributed by atoms with Crippen LogP contribution >= 0.6 is 0 Å². The van der Waals surface area contributed by atoms with Gasteiger partial charge in [-0.25, -0.2) is 13.4 Å². The van der Waals surface area contributed by atoms with E-state index < -0.39 is 9.84 Å². The number of fused-ring (bicyclic) bond motifs is 1. The van der Waals surface area contributed by atoms with Gasteiger partial charge in [-0.3, -0.25) is 19.1 Å². The average Bonchev–Trinajstić information content (AvgIpc) is 3.34. The lowest BCUT2D eigenvalue weighted by Crippen LogP contribution is -2.49. The van der Waals surface area contributed by atoms with Crippen LogP contribution in [-0.4, -0.2) is 102 Å². The first-order valence-corrected chi connectivity index (χ1v) is 14.5. The molecular formula is C26H30N8O5S. The quantitative estimate of drug-likeness (QED) is 0.314. The molecule has 5 rings (SSSR count). The van der Waals surface area contributed by atoms with Gasteiger partial charge < -0.3 is 19.7 Å². The molecule has 1 fully saturated rings. The van der Waals surface area contributed by atoms with Crippen molar-refractivity contribution in [1.29, 1.82) is 0 Å². The smallest absolute Gasteiger partial charge is 0.242 e. The molecule has 0 bridgehead atoms. The molecule has 4 heterocycles. The Morgan fingerprint density at radius 1 is 1.00 bits per heavy atom. The predicted octanol–water partition coefficient (Wildman–Crippen LogP) is 1.36. The lowest BCUT2D eigenvalue weighted by molar-refractivity contribution is -0.131. The van der Waals surface area contributed by atoms with E-state index in [4.69, 9.17) is 9.47 Å². The maximum atomic E-state index is 13.1. The summed E-state index contributed by atoms with van der Waals surface area (Å²) in [5.41, 5.74) is 1.92. The third kappa shape index (κ3) is 5.97. The van der Waals surface area contributed by atoms with Gasteiger partial charge in [0, 0.05) is 50.4 Å². The van der Waals surface area contributed by atoms with E-state index in [-0.39, 0.29) is 17.3 Å². The van der Waals surface area contributed by atoms with E-state index in [1.807, 2.05) is 9.30 Å². The van der Waals surface area contributed by atoms with Crippen LogP contribution in [0.1, 0.15) is 5.82 Å². The summed E-state index contributed by atoms with van der Waals surface area (Å²) >= 11 is 0. The number of methoxy groups -OCH3 is 2. The molecule has 4 aromatic rings. The van der Waals surface area contributed by atoms with Gasteiger partial charge in [0.05, 0.1) is 44.5 Å². The molecule has 210 valence electrons. The molecule has 1 aliphatic heterocycles. The molecule has 13 nitrogen and oxygen atoms in total. The number of piperazine rings is 1. The van der Waals surface area contributed by atoms with E-state index in [2.05, 4.69) is 30.2 Å². The minimum atomic E-state index is -3.32. The second-order valence-corrected chi connectivity index (χ2v) is 11.3. The fraction of sp³-hybridized carbons (Fsp3) is 0.346. The number of hydrogen-bond acceptors (Lipinski definition) is 11. The van der Waals surface area contributed by atoms with E-state index in [0.29, 0.717) is 67.5 Å². The average molecular weight is 567 g/mol. The molecule has 0 atom stereocenters. The van der Waals surface area contributed by atoms with Gasteiger partial charge in [0.25, 0.3) is 0 Å². The number of nitrogens with one attached hydrogen (secondary N) is 1. The van der Waals surface area contributed by atoms with Gasteiger partial charge in [0.1, 0.15) is 17.3 Å². The summed E-state index contributed by atoms with van der Waals surface area (Å²) in [6.45, 7) is 3.07. The van der Waals surface area contributed by atoms with Crippen LogP contribution in [0.4, 0.5) is 5.82 Å². The van der Waals surface area contributed by atoms with Crippen LogP contribution in [0.5, 0.6) is 11.8 Å². The van der Waals surface area contributed by atoms with E-state index in [0.717, 1.165) is 5.56 Å². The summed E-state index contributed by atoms with van der Waals surface area (Å²) < 4.78 is 36.0. The van der Waals surface area contributed by atoms with Gasteiger partial charge in [-0.2, -0.15) is 9.97 Å². The number of hydrogen-bond donors (Lipinski definition) is 1. The van der Waals surface area contributed by atoms with Crippen molar-refractivity contribution in [3.05, 3.63) is 54.7 Å². The third-order valence-electron chi connectivity index (χ3n) is 6.63. The number of nitrogens with zero attached hydrogens (tertiary/aromatic N) is 7. The standard InChI is InChI=1S/C26H30N8O5S/c1-38-22-14-23(39-2)30-20(29-22)17-32-10-12-33(13-11-32)24(35)16-28-26-25(31-21-15-27-8-9-34(21)26)18-4-6-19(7-5-18)40(3,36)37/h4-9,14-15,28H,10-13,16-17H2,1-3H3. The first-order valence-electron chi connectivity index (χ1n) is 12.6. The van der Waals surface area contributed by atoms with Crippen molar-refractivity contribution in [2.24, 2.45) is 0 Å². The number of sulfone groups is 1. The number of amides is 1. The van der Waals surface area contributed by atoms with Crippen LogP contribution in [0.3, 0.4) is 0 Å². The maximum Gasteiger partial charge on any atom is 0.242 e. The summed E-state index contributed by atoms with van der Waals surface area (Å²) in [5.74, 6) is 2.06. The van der Waals surface area contributed by atoms with Crippen molar-refractivity contribution < 1.29 is 22.7 Å². The molecule has 0 spiro atoms. The number of anilines is 1. The SMILES string of the molecule is COc1cc(OC)nc(CN2CCN(C(=O)CNc3c(-c4ccc(S(C)(=O)=O)cc4)nc4cnccn34)CC2)n1. The number of benzene rings is 1. The van der Waals surface area contributed by atoms with Crippen LogP contribution in [0, 0.1) is 0 Å². The Kier molecular flexibility index (Phi) is 7.80. The summed E-state index contributed by atoms with van der Waals surface area (Å²) in [7, 11) is -0.228.